The van der Waals surface area contributed by atoms with E-state index in [1.54, 1.807) is 0 Å². The number of nitrogens with one attached hydrogen (secondary N) is 2. The van der Waals surface area contributed by atoms with Gasteiger partial charge in [0.2, 0.25) is 11.8 Å². The lowest BCUT2D eigenvalue weighted by molar-refractivity contribution is -0.125. The highest BCUT2D eigenvalue weighted by Gasteiger charge is 2.17. The Bertz CT molecular complexity index is 498. The second kappa shape index (κ2) is 7.05. The maximum Gasteiger partial charge on any atom is 0.243 e. The molecule has 0 aromatic heterocycles. The second-order valence-electron chi connectivity index (χ2n) is 5.35. The van der Waals surface area contributed by atoms with Crippen molar-refractivity contribution in [2.75, 3.05) is 11.9 Å². The SMILES string of the molecule is Cc1ccc(C)c(NC(=O)CNC(=O)[C@@H](N)C(C)C)c1. The Labute approximate surface area is 119 Å². The average Bonchev–Trinajstić information content (AvgIpc) is 2.39. The van der Waals surface area contributed by atoms with Crippen LogP contribution in [0.15, 0.2) is 18.2 Å². The topological polar surface area (TPSA) is 84.2 Å². The first-order chi connectivity index (χ1) is 9.31. The first-order valence-electron chi connectivity index (χ1n) is 6.71. The molecule has 0 spiro atoms. The van der Waals surface area contributed by atoms with Crippen molar-refractivity contribution >= 4 is 17.5 Å². The fraction of sp³-hybridized carbons (Fsp3) is 0.467. The minimum atomic E-state index is -0.594. The molecule has 5 nitrogen and oxygen atoms in total. The van der Waals surface area contributed by atoms with E-state index in [9.17, 15) is 9.59 Å². The molecule has 1 aromatic rings. The quantitative estimate of drug-likeness (QED) is 0.759. The van der Waals surface area contributed by atoms with Gasteiger partial charge >= 0.3 is 0 Å². The molecule has 0 saturated carbocycles. The highest BCUT2D eigenvalue weighted by atomic mass is 16.2. The van der Waals surface area contributed by atoms with Crippen molar-refractivity contribution in [2.45, 2.75) is 33.7 Å². The lowest BCUT2D eigenvalue weighted by atomic mass is 10.1. The summed E-state index contributed by atoms with van der Waals surface area (Å²) in [5.74, 6) is -0.531. The van der Waals surface area contributed by atoms with Gasteiger partial charge in [-0.15, -0.1) is 0 Å². The Balaban J connectivity index is 2.52. The van der Waals surface area contributed by atoms with Crippen LogP contribution in [0.4, 0.5) is 5.69 Å². The van der Waals surface area contributed by atoms with E-state index in [2.05, 4.69) is 10.6 Å². The molecule has 1 atom stereocenters. The van der Waals surface area contributed by atoms with Crippen LogP contribution in [0, 0.1) is 19.8 Å². The Morgan fingerprint density at radius 2 is 1.90 bits per heavy atom. The van der Waals surface area contributed by atoms with E-state index in [0.717, 1.165) is 16.8 Å². The largest absolute Gasteiger partial charge is 0.346 e. The van der Waals surface area contributed by atoms with Gasteiger partial charge in [-0.1, -0.05) is 26.0 Å². The van der Waals surface area contributed by atoms with Gasteiger partial charge in [-0.05, 0) is 37.0 Å². The molecule has 0 saturated heterocycles. The van der Waals surface area contributed by atoms with Crippen LogP contribution in [0.2, 0.25) is 0 Å². The summed E-state index contributed by atoms with van der Waals surface area (Å²) in [6, 6.07) is 5.23. The van der Waals surface area contributed by atoms with Crippen molar-refractivity contribution < 1.29 is 9.59 Å². The molecular weight excluding hydrogens is 254 g/mol. The molecule has 1 rings (SSSR count). The van der Waals surface area contributed by atoms with Crippen LogP contribution in [0.1, 0.15) is 25.0 Å². The molecule has 2 amide bonds. The van der Waals surface area contributed by atoms with Crippen LogP contribution in [0.5, 0.6) is 0 Å². The zero-order valence-electron chi connectivity index (χ0n) is 12.5. The molecule has 0 heterocycles. The highest BCUT2D eigenvalue weighted by Crippen LogP contribution is 2.15. The summed E-state index contributed by atoms with van der Waals surface area (Å²) in [5.41, 5.74) is 8.51. The molecule has 4 N–H and O–H groups in total. The summed E-state index contributed by atoms with van der Waals surface area (Å²) < 4.78 is 0. The molecule has 0 aliphatic rings. The summed E-state index contributed by atoms with van der Waals surface area (Å²) >= 11 is 0. The van der Waals surface area contributed by atoms with Crippen LogP contribution in [0.3, 0.4) is 0 Å². The third-order valence-electron chi connectivity index (χ3n) is 3.11. The van der Waals surface area contributed by atoms with Crippen molar-refractivity contribution in [2.24, 2.45) is 11.7 Å². The summed E-state index contributed by atoms with van der Waals surface area (Å²) in [6.07, 6.45) is 0. The number of nitrogens with two attached hydrogens (primary N) is 1. The molecule has 0 aliphatic heterocycles. The normalized spacial score (nSPS) is 12.1. The van der Waals surface area contributed by atoms with Gasteiger partial charge in [0, 0.05) is 5.69 Å². The summed E-state index contributed by atoms with van der Waals surface area (Å²) in [6.45, 7) is 7.52. The van der Waals surface area contributed by atoms with E-state index in [0.29, 0.717) is 0 Å². The first kappa shape index (κ1) is 16.2. The van der Waals surface area contributed by atoms with Gasteiger partial charge in [0.1, 0.15) is 0 Å². The summed E-state index contributed by atoms with van der Waals surface area (Å²) in [5, 5.41) is 5.32. The Hall–Kier alpha value is -1.88. The van der Waals surface area contributed by atoms with Crippen molar-refractivity contribution in [1.29, 1.82) is 0 Å². The minimum absolute atomic E-state index is 0.0390. The maximum absolute atomic E-state index is 11.8. The zero-order chi connectivity index (χ0) is 15.3. The number of amides is 2. The van der Waals surface area contributed by atoms with Crippen LogP contribution in [-0.2, 0) is 9.59 Å². The van der Waals surface area contributed by atoms with Crippen LogP contribution < -0.4 is 16.4 Å². The van der Waals surface area contributed by atoms with Crippen molar-refractivity contribution in [1.82, 2.24) is 5.32 Å². The van der Waals surface area contributed by atoms with Crippen LogP contribution in [-0.4, -0.2) is 24.4 Å². The van der Waals surface area contributed by atoms with Crippen molar-refractivity contribution in [3.8, 4) is 0 Å². The number of carbonyl (C=O) groups excluding carboxylic acids is 2. The first-order valence-corrected chi connectivity index (χ1v) is 6.71. The third-order valence-corrected chi connectivity index (χ3v) is 3.11. The third kappa shape index (κ3) is 4.66. The van der Waals surface area contributed by atoms with Gasteiger partial charge in [0.25, 0.3) is 0 Å². The predicted octanol–water partition coefficient (Wildman–Crippen LogP) is 1.34. The number of hydrogen-bond acceptors (Lipinski definition) is 3. The smallest absolute Gasteiger partial charge is 0.243 e. The number of rotatable bonds is 5. The van der Waals surface area contributed by atoms with E-state index >= 15 is 0 Å². The molecular formula is C15H23N3O2. The molecule has 20 heavy (non-hydrogen) atoms. The molecule has 0 bridgehead atoms. The van der Waals surface area contributed by atoms with E-state index in [-0.39, 0.29) is 24.3 Å². The van der Waals surface area contributed by atoms with Gasteiger partial charge in [-0.25, -0.2) is 0 Å². The fourth-order valence-electron chi connectivity index (χ4n) is 1.65. The van der Waals surface area contributed by atoms with Crippen LogP contribution in [0.25, 0.3) is 0 Å². The van der Waals surface area contributed by atoms with Gasteiger partial charge in [-0.2, -0.15) is 0 Å². The Kier molecular flexibility index (Phi) is 5.70. The number of benzene rings is 1. The number of anilines is 1. The number of hydrogen-bond donors (Lipinski definition) is 3. The summed E-state index contributed by atoms with van der Waals surface area (Å²) in [7, 11) is 0. The average molecular weight is 277 g/mol. The van der Waals surface area contributed by atoms with Crippen molar-refractivity contribution in [3.63, 3.8) is 0 Å². The minimum Gasteiger partial charge on any atom is -0.346 e. The van der Waals surface area contributed by atoms with E-state index in [1.807, 2.05) is 45.9 Å². The maximum atomic E-state index is 11.8. The fourth-order valence-corrected chi connectivity index (χ4v) is 1.65. The van der Waals surface area contributed by atoms with E-state index < -0.39 is 6.04 Å². The van der Waals surface area contributed by atoms with E-state index in [4.69, 9.17) is 5.73 Å². The molecule has 0 aliphatic carbocycles. The van der Waals surface area contributed by atoms with Crippen LogP contribution >= 0.6 is 0 Å². The van der Waals surface area contributed by atoms with Gasteiger partial charge in [0.15, 0.2) is 0 Å². The van der Waals surface area contributed by atoms with Gasteiger partial charge in [-0.3, -0.25) is 9.59 Å². The molecule has 1 aromatic carbocycles. The number of aryl methyl sites for hydroxylation is 2. The molecule has 0 radical (unpaired) electrons. The summed E-state index contributed by atoms with van der Waals surface area (Å²) in [4.78, 5) is 23.5. The molecule has 0 fully saturated rings. The molecule has 5 heteroatoms. The van der Waals surface area contributed by atoms with Gasteiger partial charge in [0.05, 0.1) is 12.6 Å². The highest BCUT2D eigenvalue weighted by molar-refractivity contribution is 5.95. The molecule has 110 valence electrons. The van der Waals surface area contributed by atoms with E-state index in [1.165, 1.54) is 0 Å². The molecule has 0 unspecified atom stereocenters. The lowest BCUT2D eigenvalue weighted by Gasteiger charge is -2.15. The zero-order valence-corrected chi connectivity index (χ0v) is 12.5. The van der Waals surface area contributed by atoms with Crippen molar-refractivity contribution in [3.05, 3.63) is 29.3 Å². The predicted molar refractivity (Wildman–Crippen MR) is 80.4 cm³/mol. The monoisotopic (exact) mass is 277 g/mol. The second-order valence-corrected chi connectivity index (χ2v) is 5.35. The standard InChI is InChI=1S/C15H23N3O2/c1-9(2)14(16)15(20)17-8-13(19)18-12-7-10(3)5-6-11(12)4/h5-7,9,14H,8,16H2,1-4H3,(H,17,20)(H,18,19)/t14-/m0/s1. The van der Waals surface area contributed by atoms with Gasteiger partial charge < -0.3 is 16.4 Å². The number of carbonyl (C=O) groups is 2. The Morgan fingerprint density at radius 1 is 1.25 bits per heavy atom. The lowest BCUT2D eigenvalue weighted by Crippen LogP contribution is -2.46. The Morgan fingerprint density at radius 3 is 2.50 bits per heavy atom.